The third-order valence-corrected chi connectivity index (χ3v) is 2.21. The number of nitrogens with two attached hydrogens (primary N) is 1. The van der Waals surface area contributed by atoms with Gasteiger partial charge in [-0.25, -0.2) is 0 Å². The van der Waals surface area contributed by atoms with Gasteiger partial charge in [0.1, 0.15) is 0 Å². The van der Waals surface area contributed by atoms with Gasteiger partial charge in [0.15, 0.2) is 0 Å². The summed E-state index contributed by atoms with van der Waals surface area (Å²) in [6, 6.07) is -0.0482. The number of rotatable bonds is 4. The highest BCUT2D eigenvalue weighted by Crippen LogP contribution is 2.21. The van der Waals surface area contributed by atoms with E-state index in [1.54, 1.807) is 0 Å². The van der Waals surface area contributed by atoms with E-state index in [0.717, 1.165) is 6.42 Å². The van der Waals surface area contributed by atoms with Gasteiger partial charge in [0, 0.05) is 19.5 Å². The van der Waals surface area contributed by atoms with E-state index >= 15 is 0 Å². The zero-order valence-electron chi connectivity index (χ0n) is 10.8. The number of nitrogens with one attached hydrogen (secondary N) is 1. The molecule has 1 aromatic heterocycles. The topological polar surface area (TPSA) is 94.0 Å². The van der Waals surface area contributed by atoms with E-state index in [2.05, 4.69) is 36.2 Å². The number of amides is 1. The summed E-state index contributed by atoms with van der Waals surface area (Å²) in [5.74, 6) is 0.0928. The molecule has 0 aliphatic heterocycles. The van der Waals surface area contributed by atoms with Crippen LogP contribution in [0.25, 0.3) is 0 Å². The largest absolute Gasteiger partial charge is 0.352 e. The van der Waals surface area contributed by atoms with Crippen molar-refractivity contribution in [1.82, 2.24) is 15.5 Å². The third-order valence-electron chi connectivity index (χ3n) is 2.21. The maximum atomic E-state index is 11.2. The van der Waals surface area contributed by atoms with Crippen LogP contribution in [0, 0.1) is 5.41 Å². The standard InChI is InChI=1S/C11H20N4O2/c1-11(2,3)6-7(12)5-8-14-9(15-17-8)10(16)13-4/h7H,5-6,12H2,1-4H3,(H,13,16). The Balaban J connectivity index is 2.57. The molecule has 1 heterocycles. The van der Waals surface area contributed by atoms with Gasteiger partial charge in [-0.3, -0.25) is 4.79 Å². The number of nitrogens with zero attached hydrogens (tertiary/aromatic N) is 2. The van der Waals surface area contributed by atoms with Gasteiger partial charge >= 0.3 is 0 Å². The fourth-order valence-electron chi connectivity index (χ4n) is 1.62. The summed E-state index contributed by atoms with van der Waals surface area (Å²) in [6.07, 6.45) is 1.34. The van der Waals surface area contributed by atoms with Gasteiger partial charge in [0.05, 0.1) is 0 Å². The summed E-state index contributed by atoms with van der Waals surface area (Å²) in [5, 5.41) is 6.01. The molecule has 6 nitrogen and oxygen atoms in total. The molecule has 0 aromatic carbocycles. The predicted octanol–water partition coefficient (Wildman–Crippen LogP) is 0.735. The normalized spacial score (nSPS) is 13.5. The summed E-state index contributed by atoms with van der Waals surface area (Å²) < 4.78 is 4.97. The number of carbonyl (C=O) groups excluding carboxylic acids is 1. The lowest BCUT2D eigenvalue weighted by Gasteiger charge is -2.21. The van der Waals surface area contributed by atoms with Crippen molar-refractivity contribution in [2.24, 2.45) is 11.1 Å². The van der Waals surface area contributed by atoms with E-state index in [9.17, 15) is 4.79 Å². The van der Waals surface area contributed by atoms with Crippen molar-refractivity contribution in [3.63, 3.8) is 0 Å². The van der Waals surface area contributed by atoms with Crippen molar-refractivity contribution < 1.29 is 9.32 Å². The first kappa shape index (κ1) is 13.6. The molecule has 0 aliphatic rings. The molecule has 0 fully saturated rings. The molecule has 0 spiro atoms. The van der Waals surface area contributed by atoms with Crippen molar-refractivity contribution in [2.45, 2.75) is 39.7 Å². The smallest absolute Gasteiger partial charge is 0.292 e. The van der Waals surface area contributed by atoms with Gasteiger partial charge in [-0.15, -0.1) is 0 Å². The first-order valence-corrected chi connectivity index (χ1v) is 5.62. The summed E-state index contributed by atoms with van der Waals surface area (Å²) >= 11 is 0. The van der Waals surface area contributed by atoms with Crippen LogP contribution in [0.3, 0.4) is 0 Å². The van der Waals surface area contributed by atoms with Crippen LogP contribution in [0.15, 0.2) is 4.52 Å². The van der Waals surface area contributed by atoms with Crippen LogP contribution in [0.5, 0.6) is 0 Å². The molecule has 0 saturated carbocycles. The van der Waals surface area contributed by atoms with E-state index in [1.165, 1.54) is 7.05 Å². The van der Waals surface area contributed by atoms with Crippen LogP contribution in [-0.4, -0.2) is 29.1 Å². The Bertz CT molecular complexity index is 381. The van der Waals surface area contributed by atoms with Gasteiger partial charge in [-0.1, -0.05) is 25.9 Å². The molecule has 1 atom stereocenters. The first-order valence-electron chi connectivity index (χ1n) is 5.62. The van der Waals surface area contributed by atoms with Crippen LogP contribution in [0.4, 0.5) is 0 Å². The minimum absolute atomic E-state index is 0.0467. The Kier molecular flexibility index (Phi) is 4.22. The summed E-state index contributed by atoms with van der Waals surface area (Å²) in [6.45, 7) is 6.36. The quantitative estimate of drug-likeness (QED) is 0.809. The van der Waals surface area contributed by atoms with E-state index in [4.69, 9.17) is 10.3 Å². The van der Waals surface area contributed by atoms with Gasteiger partial charge in [-0.2, -0.15) is 4.98 Å². The van der Waals surface area contributed by atoms with Gasteiger partial charge < -0.3 is 15.6 Å². The fourth-order valence-corrected chi connectivity index (χ4v) is 1.62. The average molecular weight is 240 g/mol. The molecule has 1 amide bonds. The van der Waals surface area contributed by atoms with E-state index in [0.29, 0.717) is 12.3 Å². The molecule has 6 heteroatoms. The van der Waals surface area contributed by atoms with Gasteiger partial charge in [0.25, 0.3) is 11.7 Å². The SMILES string of the molecule is CNC(=O)c1noc(CC(N)CC(C)(C)C)n1. The zero-order chi connectivity index (χ0) is 13.1. The second-order valence-electron chi connectivity index (χ2n) is 5.32. The monoisotopic (exact) mass is 240 g/mol. The van der Waals surface area contributed by atoms with Crippen LogP contribution in [0.1, 0.15) is 43.7 Å². The maximum absolute atomic E-state index is 11.2. The predicted molar refractivity (Wildman–Crippen MR) is 63.4 cm³/mol. The Hall–Kier alpha value is -1.43. The minimum Gasteiger partial charge on any atom is -0.352 e. The van der Waals surface area contributed by atoms with Crippen LogP contribution >= 0.6 is 0 Å². The maximum Gasteiger partial charge on any atom is 0.292 e. The molecule has 17 heavy (non-hydrogen) atoms. The number of aromatic nitrogens is 2. The molecule has 0 saturated heterocycles. The highest BCUT2D eigenvalue weighted by Gasteiger charge is 2.19. The van der Waals surface area contributed by atoms with Gasteiger partial charge in [-0.05, 0) is 11.8 Å². The molecule has 0 radical (unpaired) electrons. The minimum atomic E-state index is -0.357. The molecular formula is C11H20N4O2. The van der Waals surface area contributed by atoms with Crippen molar-refractivity contribution in [1.29, 1.82) is 0 Å². The van der Waals surface area contributed by atoms with E-state index in [1.807, 2.05) is 0 Å². The number of hydrogen-bond donors (Lipinski definition) is 2. The lowest BCUT2D eigenvalue weighted by Crippen LogP contribution is -2.28. The van der Waals surface area contributed by atoms with E-state index in [-0.39, 0.29) is 23.2 Å². The molecule has 1 unspecified atom stereocenters. The Morgan fingerprint density at radius 1 is 1.53 bits per heavy atom. The Labute approximate surface area is 101 Å². The second kappa shape index (κ2) is 5.27. The molecule has 1 rings (SSSR count). The second-order valence-corrected chi connectivity index (χ2v) is 5.32. The summed E-state index contributed by atoms with van der Waals surface area (Å²) in [5.41, 5.74) is 6.14. The Morgan fingerprint density at radius 2 is 2.18 bits per heavy atom. The lowest BCUT2D eigenvalue weighted by molar-refractivity contribution is 0.0950. The highest BCUT2D eigenvalue weighted by atomic mass is 16.5. The molecule has 96 valence electrons. The van der Waals surface area contributed by atoms with Crippen molar-refractivity contribution >= 4 is 5.91 Å². The van der Waals surface area contributed by atoms with Crippen LogP contribution < -0.4 is 11.1 Å². The molecule has 3 N–H and O–H groups in total. The summed E-state index contributed by atoms with van der Waals surface area (Å²) in [4.78, 5) is 15.2. The molecule has 1 aromatic rings. The van der Waals surface area contributed by atoms with Crippen molar-refractivity contribution in [3.8, 4) is 0 Å². The number of carbonyl (C=O) groups is 1. The lowest BCUT2D eigenvalue weighted by atomic mass is 9.87. The molecule has 0 aliphatic carbocycles. The third kappa shape index (κ3) is 4.52. The van der Waals surface area contributed by atoms with Crippen LogP contribution in [0.2, 0.25) is 0 Å². The summed E-state index contributed by atoms with van der Waals surface area (Å²) in [7, 11) is 1.52. The zero-order valence-corrected chi connectivity index (χ0v) is 10.8. The average Bonchev–Trinajstić information content (AvgIpc) is 2.62. The molecular weight excluding hydrogens is 220 g/mol. The van der Waals surface area contributed by atoms with E-state index < -0.39 is 0 Å². The first-order chi connectivity index (χ1) is 7.81. The van der Waals surface area contributed by atoms with Crippen LogP contribution in [-0.2, 0) is 6.42 Å². The van der Waals surface area contributed by atoms with Crippen molar-refractivity contribution in [2.75, 3.05) is 7.05 Å². The fraction of sp³-hybridized carbons (Fsp3) is 0.727. The Morgan fingerprint density at radius 3 is 2.71 bits per heavy atom. The highest BCUT2D eigenvalue weighted by molar-refractivity contribution is 5.89. The number of hydrogen-bond acceptors (Lipinski definition) is 5. The van der Waals surface area contributed by atoms with Crippen molar-refractivity contribution in [3.05, 3.63) is 11.7 Å². The van der Waals surface area contributed by atoms with Gasteiger partial charge in [0.2, 0.25) is 5.89 Å². The molecule has 0 bridgehead atoms.